The molecule has 0 aromatic heterocycles. The fourth-order valence-electron chi connectivity index (χ4n) is 2.23. The normalized spacial score (nSPS) is 16.0. The molecule has 2 rings (SSSR count). The van der Waals surface area contributed by atoms with E-state index in [4.69, 9.17) is 14.2 Å². The van der Waals surface area contributed by atoms with E-state index in [1.54, 1.807) is 12.1 Å². The highest BCUT2D eigenvalue weighted by atomic mass is 79.9. The summed E-state index contributed by atoms with van der Waals surface area (Å²) in [7, 11) is 1.53. The molecule has 8 heteroatoms. The van der Waals surface area contributed by atoms with Gasteiger partial charge in [-0.05, 0) is 53.7 Å². The monoisotopic (exact) mass is 429 g/mol. The molecule has 1 aliphatic heterocycles. The maximum absolute atomic E-state index is 12.4. The Labute approximate surface area is 159 Å². The van der Waals surface area contributed by atoms with Gasteiger partial charge in [-0.3, -0.25) is 14.5 Å². The van der Waals surface area contributed by atoms with Crippen molar-refractivity contribution in [1.82, 2.24) is 4.90 Å². The summed E-state index contributed by atoms with van der Waals surface area (Å²) >= 11 is 4.38. The van der Waals surface area contributed by atoms with Gasteiger partial charge in [0.1, 0.15) is 11.5 Å². The Balaban J connectivity index is 2.34. The number of carbonyl (C=O) groups is 2. The first-order valence-electron chi connectivity index (χ1n) is 7.85. The van der Waals surface area contributed by atoms with Gasteiger partial charge in [0.25, 0.3) is 11.1 Å². The summed E-state index contributed by atoms with van der Waals surface area (Å²) < 4.78 is 16.9. The summed E-state index contributed by atoms with van der Waals surface area (Å²) in [6.07, 6.45) is 1.67. The number of hydrogen-bond acceptors (Lipinski definition) is 6. The van der Waals surface area contributed by atoms with E-state index >= 15 is 0 Å². The summed E-state index contributed by atoms with van der Waals surface area (Å²) in [4.78, 5) is 26.0. The van der Waals surface area contributed by atoms with Gasteiger partial charge in [-0.1, -0.05) is 0 Å². The second-order valence-corrected chi connectivity index (χ2v) is 6.86. The number of benzene rings is 1. The summed E-state index contributed by atoms with van der Waals surface area (Å²) in [6.45, 7) is 5.33. The molecule has 6 nitrogen and oxygen atoms in total. The molecule has 1 aliphatic rings. The van der Waals surface area contributed by atoms with Gasteiger partial charge in [-0.2, -0.15) is 0 Å². The molecule has 1 fully saturated rings. The zero-order valence-corrected chi connectivity index (χ0v) is 16.7. The molecule has 2 amide bonds. The minimum Gasteiger partial charge on any atom is -0.493 e. The van der Waals surface area contributed by atoms with Crippen LogP contribution >= 0.6 is 27.7 Å². The molecule has 1 saturated heterocycles. The minimum absolute atomic E-state index is 0.240. The topological polar surface area (TPSA) is 65.1 Å². The SMILES string of the molecule is CCOc1cc(OCC)c(/C=C2/SC(=O)N(CCOC)C2=O)cc1Br. The largest absolute Gasteiger partial charge is 0.493 e. The van der Waals surface area contributed by atoms with Gasteiger partial charge in [0.15, 0.2) is 0 Å². The third-order valence-electron chi connectivity index (χ3n) is 3.34. The molecule has 136 valence electrons. The van der Waals surface area contributed by atoms with Gasteiger partial charge < -0.3 is 14.2 Å². The minimum atomic E-state index is -0.320. The summed E-state index contributed by atoms with van der Waals surface area (Å²) in [5.41, 5.74) is 0.703. The van der Waals surface area contributed by atoms with Crippen LogP contribution in [0.1, 0.15) is 19.4 Å². The van der Waals surface area contributed by atoms with Crippen LogP contribution in [0, 0.1) is 0 Å². The van der Waals surface area contributed by atoms with Crippen molar-refractivity contribution in [2.75, 3.05) is 33.5 Å². The molecule has 0 N–H and O–H groups in total. The average Bonchev–Trinajstić information content (AvgIpc) is 2.84. The Hall–Kier alpha value is -1.51. The van der Waals surface area contributed by atoms with Crippen molar-refractivity contribution in [3.8, 4) is 11.5 Å². The molecular formula is C17H20BrNO5S. The molecule has 0 saturated carbocycles. The molecule has 1 aromatic rings. The van der Waals surface area contributed by atoms with Crippen LogP contribution in [0.15, 0.2) is 21.5 Å². The summed E-state index contributed by atoms with van der Waals surface area (Å²) in [5.74, 6) is 0.939. The molecule has 0 atom stereocenters. The zero-order valence-electron chi connectivity index (χ0n) is 14.3. The molecule has 1 aromatic carbocycles. The van der Waals surface area contributed by atoms with E-state index in [-0.39, 0.29) is 17.7 Å². The van der Waals surface area contributed by atoms with Gasteiger partial charge in [0, 0.05) is 18.7 Å². The molecule has 25 heavy (non-hydrogen) atoms. The highest BCUT2D eigenvalue weighted by Crippen LogP contribution is 2.38. The number of carbonyl (C=O) groups excluding carboxylic acids is 2. The van der Waals surface area contributed by atoms with Gasteiger partial charge in [-0.15, -0.1) is 0 Å². The van der Waals surface area contributed by atoms with E-state index in [1.807, 2.05) is 19.9 Å². The van der Waals surface area contributed by atoms with Crippen LogP contribution in [0.2, 0.25) is 0 Å². The van der Waals surface area contributed by atoms with Crippen molar-refractivity contribution in [3.63, 3.8) is 0 Å². The van der Waals surface area contributed by atoms with Crippen molar-refractivity contribution in [2.24, 2.45) is 0 Å². The Kier molecular flexibility index (Phi) is 7.34. The second-order valence-electron chi connectivity index (χ2n) is 5.01. The van der Waals surface area contributed by atoms with Crippen LogP contribution < -0.4 is 9.47 Å². The van der Waals surface area contributed by atoms with Crippen molar-refractivity contribution in [2.45, 2.75) is 13.8 Å². The maximum atomic E-state index is 12.4. The Morgan fingerprint density at radius 3 is 2.48 bits per heavy atom. The van der Waals surface area contributed by atoms with Gasteiger partial charge in [-0.25, -0.2) is 0 Å². The Bertz CT molecular complexity index is 692. The number of rotatable bonds is 8. The number of amides is 2. The number of imide groups is 1. The van der Waals surface area contributed by atoms with Crippen LogP contribution in [-0.2, 0) is 9.53 Å². The number of nitrogens with zero attached hydrogens (tertiary/aromatic N) is 1. The highest BCUT2D eigenvalue weighted by molar-refractivity contribution is 9.10. The van der Waals surface area contributed by atoms with Gasteiger partial charge in [0.05, 0.1) is 35.7 Å². The lowest BCUT2D eigenvalue weighted by atomic mass is 10.1. The van der Waals surface area contributed by atoms with Crippen molar-refractivity contribution < 1.29 is 23.8 Å². The highest BCUT2D eigenvalue weighted by Gasteiger charge is 2.34. The first-order valence-corrected chi connectivity index (χ1v) is 9.46. The smallest absolute Gasteiger partial charge is 0.293 e. The lowest BCUT2D eigenvalue weighted by Crippen LogP contribution is -2.31. The molecule has 0 radical (unpaired) electrons. The van der Waals surface area contributed by atoms with Crippen molar-refractivity contribution >= 4 is 44.9 Å². The van der Waals surface area contributed by atoms with Crippen LogP contribution in [0.3, 0.4) is 0 Å². The summed E-state index contributed by atoms with van der Waals surface area (Å²) in [5, 5.41) is -0.295. The second kappa shape index (κ2) is 9.26. The van der Waals surface area contributed by atoms with E-state index < -0.39 is 0 Å². The van der Waals surface area contributed by atoms with Crippen molar-refractivity contribution in [3.05, 3.63) is 27.1 Å². The molecular weight excluding hydrogens is 410 g/mol. The van der Waals surface area contributed by atoms with Crippen LogP contribution in [0.5, 0.6) is 11.5 Å². The maximum Gasteiger partial charge on any atom is 0.293 e. The fraction of sp³-hybridized carbons (Fsp3) is 0.412. The fourth-order valence-corrected chi connectivity index (χ4v) is 3.56. The van der Waals surface area contributed by atoms with Gasteiger partial charge >= 0.3 is 0 Å². The quantitative estimate of drug-likeness (QED) is 0.583. The predicted octanol–water partition coefficient (Wildman–Crippen LogP) is 3.93. The molecule has 0 unspecified atom stereocenters. The number of halogens is 1. The van der Waals surface area contributed by atoms with Gasteiger partial charge in [0.2, 0.25) is 0 Å². The summed E-state index contributed by atoms with van der Waals surface area (Å²) in [6, 6.07) is 3.59. The average molecular weight is 430 g/mol. The van der Waals surface area contributed by atoms with E-state index in [2.05, 4.69) is 15.9 Å². The van der Waals surface area contributed by atoms with Crippen LogP contribution in [-0.4, -0.2) is 49.5 Å². The molecule has 0 spiro atoms. The number of hydrogen-bond donors (Lipinski definition) is 0. The van der Waals surface area contributed by atoms with E-state index in [9.17, 15) is 9.59 Å². The first-order chi connectivity index (χ1) is 12.0. The molecule has 0 aliphatic carbocycles. The van der Waals surface area contributed by atoms with E-state index in [0.717, 1.165) is 16.2 Å². The predicted molar refractivity (Wildman–Crippen MR) is 101 cm³/mol. The molecule has 1 heterocycles. The molecule has 0 bridgehead atoms. The number of ether oxygens (including phenoxy) is 3. The zero-order chi connectivity index (χ0) is 18.4. The third-order valence-corrected chi connectivity index (χ3v) is 4.87. The Morgan fingerprint density at radius 1 is 1.16 bits per heavy atom. The van der Waals surface area contributed by atoms with Crippen molar-refractivity contribution in [1.29, 1.82) is 0 Å². The van der Waals surface area contributed by atoms with E-state index in [0.29, 0.717) is 41.8 Å². The third kappa shape index (κ3) is 4.77. The number of methoxy groups -OCH3 is 1. The lowest BCUT2D eigenvalue weighted by molar-refractivity contribution is -0.123. The van der Waals surface area contributed by atoms with Crippen LogP contribution in [0.4, 0.5) is 4.79 Å². The lowest BCUT2D eigenvalue weighted by Gasteiger charge is -2.13. The number of thioether (sulfide) groups is 1. The van der Waals surface area contributed by atoms with E-state index in [1.165, 1.54) is 12.0 Å². The Morgan fingerprint density at radius 2 is 1.84 bits per heavy atom. The first kappa shape index (κ1) is 19.8. The standard InChI is InChI=1S/C17H20BrNO5S/c1-4-23-13-10-14(24-5-2)12(18)8-11(13)9-15-16(20)19(6-7-22-3)17(21)25-15/h8-10H,4-7H2,1-3H3/b15-9+. The van der Waals surface area contributed by atoms with Crippen LogP contribution in [0.25, 0.3) is 6.08 Å².